The van der Waals surface area contributed by atoms with Crippen LogP contribution in [0.3, 0.4) is 0 Å². The molecule has 4 rings (SSSR count). The number of alkyl halides is 3. The van der Waals surface area contributed by atoms with Crippen LogP contribution in [0.15, 0.2) is 54.9 Å². The Hall–Kier alpha value is -3.76. The highest BCUT2D eigenvalue weighted by molar-refractivity contribution is 5.96. The van der Waals surface area contributed by atoms with Crippen molar-refractivity contribution in [1.82, 2.24) is 30.0 Å². The van der Waals surface area contributed by atoms with Gasteiger partial charge in [-0.25, -0.2) is 4.68 Å². The van der Waals surface area contributed by atoms with Crippen LogP contribution in [0.2, 0.25) is 0 Å². The summed E-state index contributed by atoms with van der Waals surface area (Å²) in [5.74, 6) is -0.543. The van der Waals surface area contributed by atoms with Gasteiger partial charge in [0.05, 0.1) is 11.3 Å². The fraction of sp³-hybridized carbons (Fsp3) is 0.250. The quantitative estimate of drug-likeness (QED) is 0.637. The second kappa shape index (κ2) is 8.17. The monoisotopic (exact) mass is 430 g/mol. The molecule has 0 saturated carbocycles. The Kier molecular flexibility index (Phi) is 5.40. The lowest BCUT2D eigenvalue weighted by Crippen LogP contribution is -2.50. The third-order valence-electron chi connectivity index (χ3n) is 5.02. The number of piperazine rings is 1. The Bertz CT molecular complexity index is 1080. The summed E-state index contributed by atoms with van der Waals surface area (Å²) in [7, 11) is 0. The summed E-state index contributed by atoms with van der Waals surface area (Å²) in [5.41, 5.74) is 0.493. The molecule has 0 radical (unpaired) electrons. The minimum absolute atomic E-state index is 0.182. The van der Waals surface area contributed by atoms with Gasteiger partial charge in [0, 0.05) is 37.3 Å². The lowest BCUT2D eigenvalue weighted by atomic mass is 10.1. The van der Waals surface area contributed by atoms with Gasteiger partial charge >= 0.3 is 6.18 Å². The first-order chi connectivity index (χ1) is 14.8. The third-order valence-corrected chi connectivity index (χ3v) is 5.02. The van der Waals surface area contributed by atoms with Gasteiger partial charge in [0.2, 0.25) is 0 Å². The van der Waals surface area contributed by atoms with Gasteiger partial charge in [0.15, 0.2) is 0 Å². The number of carbonyl (C=O) groups is 2. The molecular weight excluding hydrogens is 413 g/mol. The second-order valence-electron chi connectivity index (χ2n) is 6.96. The van der Waals surface area contributed by atoms with Crippen molar-refractivity contribution in [3.8, 4) is 5.69 Å². The van der Waals surface area contributed by atoms with Crippen molar-refractivity contribution < 1.29 is 22.8 Å². The molecule has 1 aliphatic heterocycles. The molecule has 8 nitrogen and oxygen atoms in total. The molecule has 0 spiro atoms. The molecule has 160 valence electrons. The van der Waals surface area contributed by atoms with Crippen molar-refractivity contribution in [3.05, 3.63) is 71.5 Å². The molecule has 0 unspecified atom stereocenters. The second-order valence-corrected chi connectivity index (χ2v) is 6.96. The Labute approximate surface area is 174 Å². The molecule has 3 aromatic rings. The summed E-state index contributed by atoms with van der Waals surface area (Å²) in [6, 6.07) is 11.0. The predicted molar refractivity (Wildman–Crippen MR) is 102 cm³/mol. The van der Waals surface area contributed by atoms with Gasteiger partial charge in [-0.1, -0.05) is 6.07 Å². The summed E-state index contributed by atoms with van der Waals surface area (Å²) in [5, 5.41) is 10.9. The fourth-order valence-corrected chi connectivity index (χ4v) is 3.34. The summed E-state index contributed by atoms with van der Waals surface area (Å²) in [4.78, 5) is 28.6. The zero-order valence-corrected chi connectivity index (χ0v) is 16.2. The van der Waals surface area contributed by atoms with E-state index in [2.05, 4.69) is 15.5 Å². The van der Waals surface area contributed by atoms with Crippen LogP contribution in [0.5, 0.6) is 0 Å². The van der Waals surface area contributed by atoms with E-state index in [0.29, 0.717) is 24.3 Å². The zero-order valence-electron chi connectivity index (χ0n) is 16.2. The molecule has 0 atom stereocenters. The average Bonchev–Trinajstić information content (AvgIpc) is 3.33. The van der Waals surface area contributed by atoms with Gasteiger partial charge < -0.3 is 9.80 Å². The number of nitrogens with zero attached hydrogens (tertiary/aromatic N) is 6. The Balaban J connectivity index is 1.39. The molecule has 2 heterocycles. The SMILES string of the molecule is O=C(c1ccc(C(F)(F)F)cc1)N1CCN(C(=O)c2cccc(-n3cnnn3)c2)CC1. The highest BCUT2D eigenvalue weighted by Gasteiger charge is 2.31. The van der Waals surface area contributed by atoms with Crippen LogP contribution >= 0.6 is 0 Å². The van der Waals surface area contributed by atoms with Gasteiger partial charge in [0.1, 0.15) is 6.33 Å². The predicted octanol–water partition coefficient (Wildman–Crippen LogP) is 2.28. The van der Waals surface area contributed by atoms with E-state index in [1.807, 2.05) is 0 Å². The van der Waals surface area contributed by atoms with Crippen LogP contribution in [0.1, 0.15) is 26.3 Å². The van der Waals surface area contributed by atoms with Crippen LogP contribution in [0.4, 0.5) is 13.2 Å². The van der Waals surface area contributed by atoms with Gasteiger partial charge in [-0.15, -0.1) is 5.10 Å². The molecule has 0 bridgehead atoms. The van der Waals surface area contributed by atoms with E-state index >= 15 is 0 Å². The molecule has 1 aromatic heterocycles. The molecule has 1 fully saturated rings. The molecule has 1 saturated heterocycles. The minimum Gasteiger partial charge on any atom is -0.335 e. The number of carbonyl (C=O) groups excluding carboxylic acids is 2. The number of tetrazole rings is 1. The molecule has 11 heteroatoms. The summed E-state index contributed by atoms with van der Waals surface area (Å²) in [6.07, 6.45) is -3.02. The number of rotatable bonds is 3. The average molecular weight is 430 g/mol. The van der Waals surface area contributed by atoms with Crippen molar-refractivity contribution >= 4 is 11.8 Å². The molecule has 31 heavy (non-hydrogen) atoms. The Morgan fingerprint density at radius 1 is 0.839 bits per heavy atom. The molecule has 2 amide bonds. The lowest BCUT2D eigenvalue weighted by molar-refractivity contribution is -0.137. The van der Waals surface area contributed by atoms with Crippen molar-refractivity contribution in [2.24, 2.45) is 0 Å². The van der Waals surface area contributed by atoms with Crippen molar-refractivity contribution in [3.63, 3.8) is 0 Å². The van der Waals surface area contributed by atoms with Gasteiger partial charge in [0.25, 0.3) is 11.8 Å². The highest BCUT2D eigenvalue weighted by atomic mass is 19.4. The van der Waals surface area contributed by atoms with Crippen molar-refractivity contribution in [2.45, 2.75) is 6.18 Å². The molecule has 1 aliphatic rings. The van der Waals surface area contributed by atoms with Gasteiger partial charge in [-0.05, 0) is 52.9 Å². The topological polar surface area (TPSA) is 84.2 Å². The Morgan fingerprint density at radius 2 is 1.45 bits per heavy atom. The fourth-order valence-electron chi connectivity index (χ4n) is 3.34. The van der Waals surface area contributed by atoms with Gasteiger partial charge in [-0.2, -0.15) is 13.2 Å². The third kappa shape index (κ3) is 4.39. The van der Waals surface area contributed by atoms with Crippen LogP contribution in [-0.4, -0.2) is 68.0 Å². The summed E-state index contributed by atoms with van der Waals surface area (Å²) >= 11 is 0. The summed E-state index contributed by atoms with van der Waals surface area (Å²) in [6.45, 7) is 1.22. The van der Waals surface area contributed by atoms with Gasteiger partial charge in [-0.3, -0.25) is 9.59 Å². The molecule has 0 N–H and O–H groups in total. The van der Waals surface area contributed by atoms with E-state index in [9.17, 15) is 22.8 Å². The molecular formula is C20H17F3N6O2. The lowest BCUT2D eigenvalue weighted by Gasteiger charge is -2.35. The van der Waals surface area contributed by atoms with E-state index < -0.39 is 11.7 Å². The highest BCUT2D eigenvalue weighted by Crippen LogP contribution is 2.29. The van der Waals surface area contributed by atoms with E-state index in [-0.39, 0.29) is 30.5 Å². The molecule has 0 aliphatic carbocycles. The maximum Gasteiger partial charge on any atom is 0.416 e. The number of benzene rings is 2. The maximum atomic E-state index is 12.9. The van der Waals surface area contributed by atoms with Crippen LogP contribution in [0, 0.1) is 0 Å². The number of hydrogen-bond donors (Lipinski definition) is 0. The standard InChI is InChI=1S/C20H17F3N6O2/c21-20(22,23)16-6-4-14(5-7-16)18(30)27-8-10-28(11-9-27)19(31)15-2-1-3-17(12-15)29-13-24-25-26-29/h1-7,12-13H,8-11H2. The van der Waals surface area contributed by atoms with Crippen molar-refractivity contribution in [2.75, 3.05) is 26.2 Å². The number of hydrogen-bond acceptors (Lipinski definition) is 5. The minimum atomic E-state index is -4.45. The number of aromatic nitrogens is 4. The van der Waals surface area contributed by atoms with Crippen molar-refractivity contribution in [1.29, 1.82) is 0 Å². The maximum absolute atomic E-state index is 12.9. The van der Waals surface area contributed by atoms with E-state index in [0.717, 1.165) is 12.1 Å². The Morgan fingerprint density at radius 3 is 2.00 bits per heavy atom. The zero-order chi connectivity index (χ0) is 22.0. The smallest absolute Gasteiger partial charge is 0.335 e. The largest absolute Gasteiger partial charge is 0.416 e. The van der Waals surface area contributed by atoms with Crippen LogP contribution in [-0.2, 0) is 6.18 Å². The number of amides is 2. The van der Waals surface area contributed by atoms with E-state index in [1.165, 1.54) is 28.0 Å². The number of halogens is 3. The van der Waals surface area contributed by atoms with Crippen LogP contribution < -0.4 is 0 Å². The first-order valence-electron chi connectivity index (χ1n) is 9.42. The van der Waals surface area contributed by atoms with E-state index in [1.54, 1.807) is 29.2 Å². The van der Waals surface area contributed by atoms with Crippen LogP contribution in [0.25, 0.3) is 5.69 Å². The first kappa shape index (κ1) is 20.5. The summed E-state index contributed by atoms with van der Waals surface area (Å²) < 4.78 is 39.5. The normalized spacial score (nSPS) is 14.5. The van der Waals surface area contributed by atoms with E-state index in [4.69, 9.17) is 0 Å². The first-order valence-corrected chi connectivity index (χ1v) is 9.42. The molecule has 2 aromatic carbocycles.